The van der Waals surface area contributed by atoms with Gasteiger partial charge in [0.1, 0.15) is 0 Å². The monoisotopic (exact) mass is 350 g/mol. The van der Waals surface area contributed by atoms with Gasteiger partial charge in [-0.25, -0.2) is 4.98 Å². The van der Waals surface area contributed by atoms with E-state index in [9.17, 15) is 0 Å². The average Bonchev–Trinajstić information content (AvgIpc) is 2.46. The van der Waals surface area contributed by atoms with Crippen LogP contribution in [0.5, 0.6) is 0 Å². The number of nitrogens with two attached hydrogens (primary N) is 1. The van der Waals surface area contributed by atoms with Crippen molar-refractivity contribution in [3.05, 3.63) is 58.7 Å². The van der Waals surface area contributed by atoms with Crippen LogP contribution in [0.25, 0.3) is 0 Å². The Kier molecular flexibility index (Phi) is 5.64. The summed E-state index contributed by atoms with van der Waals surface area (Å²) >= 11 is 5.16. The highest BCUT2D eigenvalue weighted by Crippen LogP contribution is 2.34. The normalized spacial score (nSPS) is 14.2. The Morgan fingerprint density at radius 3 is 2.35 bits per heavy atom. The Balaban J connectivity index is 2.17. The predicted molar refractivity (Wildman–Crippen MR) is 89.8 cm³/mol. The van der Waals surface area contributed by atoms with E-state index in [1.165, 1.54) is 5.56 Å². The molecule has 2 aromatic rings. The van der Waals surface area contributed by atoms with Gasteiger partial charge in [-0.3, -0.25) is 0 Å². The van der Waals surface area contributed by atoms with E-state index < -0.39 is 0 Å². The quantitative estimate of drug-likeness (QED) is 0.797. The standard InChI is InChI=1S/C16H19BrN2S/c1-11(2)16(15(18)12-6-4-3-5-7-12)20-14-9-8-13(17)10-19-14/h3-11,15-16H,18H2,1-2H3. The molecule has 4 heteroatoms. The van der Waals surface area contributed by atoms with Gasteiger partial charge in [-0.1, -0.05) is 44.2 Å². The second-order valence-electron chi connectivity index (χ2n) is 5.08. The first kappa shape index (κ1) is 15.5. The SMILES string of the molecule is CC(C)C(Sc1ccc(Br)cn1)C(N)c1ccccc1. The maximum atomic E-state index is 6.46. The van der Waals surface area contributed by atoms with Crippen molar-refractivity contribution < 1.29 is 0 Å². The van der Waals surface area contributed by atoms with E-state index >= 15 is 0 Å². The Labute approximate surface area is 133 Å². The van der Waals surface area contributed by atoms with Gasteiger partial charge in [0.05, 0.1) is 5.03 Å². The first-order chi connectivity index (χ1) is 9.58. The third-order valence-corrected chi connectivity index (χ3v) is 5.21. The molecule has 0 aliphatic rings. The number of thioether (sulfide) groups is 1. The second kappa shape index (κ2) is 7.25. The van der Waals surface area contributed by atoms with Gasteiger partial charge in [-0.2, -0.15) is 0 Å². The van der Waals surface area contributed by atoms with E-state index in [-0.39, 0.29) is 6.04 Å². The van der Waals surface area contributed by atoms with Crippen LogP contribution in [0.4, 0.5) is 0 Å². The van der Waals surface area contributed by atoms with Gasteiger partial charge in [0.15, 0.2) is 0 Å². The molecule has 0 aliphatic carbocycles. The number of hydrogen-bond donors (Lipinski definition) is 1. The molecule has 1 aromatic carbocycles. The van der Waals surface area contributed by atoms with Crippen molar-refractivity contribution in [1.82, 2.24) is 4.98 Å². The summed E-state index contributed by atoms with van der Waals surface area (Å²) in [6.07, 6.45) is 1.83. The maximum absolute atomic E-state index is 6.46. The van der Waals surface area contributed by atoms with Crippen LogP contribution < -0.4 is 5.73 Å². The van der Waals surface area contributed by atoms with Crippen LogP contribution in [0.3, 0.4) is 0 Å². The first-order valence-electron chi connectivity index (χ1n) is 6.66. The van der Waals surface area contributed by atoms with Crippen molar-refractivity contribution in [3.8, 4) is 0 Å². The molecule has 0 spiro atoms. The number of benzene rings is 1. The molecule has 2 rings (SSSR count). The lowest BCUT2D eigenvalue weighted by Gasteiger charge is -2.26. The molecule has 0 radical (unpaired) electrons. The van der Waals surface area contributed by atoms with Crippen LogP contribution in [0.1, 0.15) is 25.5 Å². The average molecular weight is 351 g/mol. The molecule has 20 heavy (non-hydrogen) atoms. The zero-order chi connectivity index (χ0) is 14.5. The van der Waals surface area contributed by atoms with Crippen LogP contribution in [0, 0.1) is 5.92 Å². The van der Waals surface area contributed by atoms with Crippen LogP contribution in [-0.4, -0.2) is 10.2 Å². The zero-order valence-electron chi connectivity index (χ0n) is 11.7. The number of rotatable bonds is 5. The molecule has 2 N–H and O–H groups in total. The molecule has 2 unspecified atom stereocenters. The predicted octanol–water partition coefficient (Wildman–Crippen LogP) is 4.66. The summed E-state index contributed by atoms with van der Waals surface area (Å²) in [4.78, 5) is 4.44. The largest absolute Gasteiger partial charge is 0.323 e. The maximum Gasteiger partial charge on any atom is 0.0964 e. The minimum absolute atomic E-state index is 0.00615. The Morgan fingerprint density at radius 1 is 1.10 bits per heavy atom. The topological polar surface area (TPSA) is 38.9 Å². The highest BCUT2D eigenvalue weighted by atomic mass is 79.9. The van der Waals surface area contributed by atoms with E-state index in [2.05, 4.69) is 46.9 Å². The molecule has 1 heterocycles. The third-order valence-electron chi connectivity index (χ3n) is 3.15. The van der Waals surface area contributed by atoms with Gasteiger partial charge in [0.2, 0.25) is 0 Å². The van der Waals surface area contributed by atoms with Crippen molar-refractivity contribution in [2.45, 2.75) is 30.2 Å². The molecular weight excluding hydrogens is 332 g/mol. The molecule has 0 saturated heterocycles. The van der Waals surface area contributed by atoms with E-state index in [0.29, 0.717) is 11.2 Å². The lowest BCUT2D eigenvalue weighted by Crippen LogP contribution is -2.28. The molecule has 0 bridgehead atoms. The fourth-order valence-electron chi connectivity index (χ4n) is 2.06. The highest BCUT2D eigenvalue weighted by molar-refractivity contribution is 9.10. The van der Waals surface area contributed by atoms with Crippen LogP contribution >= 0.6 is 27.7 Å². The Bertz CT molecular complexity index is 528. The van der Waals surface area contributed by atoms with E-state index in [1.54, 1.807) is 11.8 Å². The lowest BCUT2D eigenvalue weighted by molar-refractivity contribution is 0.527. The van der Waals surface area contributed by atoms with Gasteiger partial charge in [0.25, 0.3) is 0 Å². The molecule has 0 saturated carbocycles. The summed E-state index contributed by atoms with van der Waals surface area (Å²) in [6.45, 7) is 4.42. The minimum atomic E-state index is 0.00615. The Hall–Kier alpha value is -0.840. The third kappa shape index (κ3) is 4.08. The summed E-state index contributed by atoms with van der Waals surface area (Å²) < 4.78 is 0.996. The minimum Gasteiger partial charge on any atom is -0.323 e. The molecule has 0 amide bonds. The fourth-order valence-corrected chi connectivity index (χ4v) is 3.41. The lowest BCUT2D eigenvalue weighted by atomic mass is 9.97. The van der Waals surface area contributed by atoms with Crippen LogP contribution in [0.2, 0.25) is 0 Å². The van der Waals surface area contributed by atoms with Crippen molar-refractivity contribution in [1.29, 1.82) is 0 Å². The Morgan fingerprint density at radius 2 is 1.80 bits per heavy atom. The number of aromatic nitrogens is 1. The summed E-state index contributed by atoms with van der Waals surface area (Å²) in [5, 5.41) is 1.31. The molecule has 1 aromatic heterocycles. The van der Waals surface area contributed by atoms with E-state index in [1.807, 2.05) is 36.5 Å². The van der Waals surface area contributed by atoms with Gasteiger partial charge in [-0.05, 0) is 39.5 Å². The van der Waals surface area contributed by atoms with Crippen molar-refractivity contribution in [2.24, 2.45) is 11.7 Å². The second-order valence-corrected chi connectivity index (χ2v) is 7.19. The van der Waals surface area contributed by atoms with Gasteiger partial charge >= 0.3 is 0 Å². The molecule has 2 atom stereocenters. The molecule has 0 aliphatic heterocycles. The van der Waals surface area contributed by atoms with E-state index in [4.69, 9.17) is 5.73 Å². The molecule has 2 nitrogen and oxygen atoms in total. The van der Waals surface area contributed by atoms with Crippen molar-refractivity contribution >= 4 is 27.7 Å². The number of pyridine rings is 1. The number of halogens is 1. The van der Waals surface area contributed by atoms with Crippen LogP contribution in [-0.2, 0) is 0 Å². The first-order valence-corrected chi connectivity index (χ1v) is 8.34. The summed E-state index contributed by atoms with van der Waals surface area (Å²) in [5.41, 5.74) is 7.64. The van der Waals surface area contributed by atoms with Crippen molar-refractivity contribution in [3.63, 3.8) is 0 Å². The number of hydrogen-bond acceptors (Lipinski definition) is 3. The van der Waals surface area contributed by atoms with Crippen LogP contribution in [0.15, 0.2) is 58.2 Å². The summed E-state index contributed by atoms with van der Waals surface area (Å²) in [7, 11) is 0. The smallest absolute Gasteiger partial charge is 0.0964 e. The van der Waals surface area contributed by atoms with Gasteiger partial charge < -0.3 is 5.73 Å². The van der Waals surface area contributed by atoms with Gasteiger partial charge in [0, 0.05) is 22.0 Å². The number of nitrogens with zero attached hydrogens (tertiary/aromatic N) is 1. The fraction of sp³-hybridized carbons (Fsp3) is 0.312. The molecule has 0 fully saturated rings. The highest BCUT2D eigenvalue weighted by Gasteiger charge is 2.24. The van der Waals surface area contributed by atoms with E-state index in [0.717, 1.165) is 9.50 Å². The zero-order valence-corrected chi connectivity index (χ0v) is 14.1. The molecular formula is C16H19BrN2S. The summed E-state index contributed by atoms with van der Waals surface area (Å²) in [6, 6.07) is 14.3. The van der Waals surface area contributed by atoms with Crippen molar-refractivity contribution in [2.75, 3.05) is 0 Å². The molecule has 106 valence electrons. The van der Waals surface area contributed by atoms with Gasteiger partial charge in [-0.15, -0.1) is 11.8 Å². The summed E-state index contributed by atoms with van der Waals surface area (Å²) in [5.74, 6) is 0.473.